The Balaban J connectivity index is 2.97. The molecule has 0 aromatic carbocycles. The van der Waals surface area contributed by atoms with Gasteiger partial charge in [0.25, 0.3) is 0 Å². The lowest BCUT2D eigenvalue weighted by Gasteiger charge is -1.99. The molecule has 0 fully saturated rings. The van der Waals surface area contributed by atoms with E-state index in [1.165, 1.54) is 0 Å². The highest BCUT2D eigenvalue weighted by molar-refractivity contribution is 9.10. The smallest absolute Gasteiger partial charge is 0.240 e. The fourth-order valence-electron chi connectivity index (χ4n) is 1.23. The molecule has 0 atom stereocenters. The molecule has 2 aromatic rings. The van der Waals surface area contributed by atoms with Gasteiger partial charge in [-0.2, -0.15) is 4.39 Å². The number of aromatic nitrogens is 2. The Morgan fingerprint density at radius 2 is 2.31 bits per heavy atom. The molecule has 0 aliphatic carbocycles. The first-order valence-corrected chi connectivity index (χ1v) is 4.76. The molecular weight excluding hydrogens is 258 g/mol. The summed E-state index contributed by atoms with van der Waals surface area (Å²) < 4.78 is 15.6. The molecule has 0 aliphatic heterocycles. The number of hydrogen-bond donors (Lipinski definition) is 0. The van der Waals surface area contributed by atoms with E-state index in [-0.39, 0.29) is 0 Å². The van der Waals surface area contributed by atoms with E-state index in [2.05, 4.69) is 20.9 Å². The molecule has 2 heterocycles. The van der Waals surface area contributed by atoms with Gasteiger partial charge in [-0.05, 0) is 28.9 Å². The van der Waals surface area contributed by atoms with E-state index in [4.69, 9.17) is 11.6 Å². The van der Waals surface area contributed by atoms with Gasteiger partial charge in [0.2, 0.25) is 5.95 Å². The van der Waals surface area contributed by atoms with Crippen molar-refractivity contribution in [3.05, 3.63) is 33.5 Å². The number of nitrogens with zero attached hydrogens (tertiary/aromatic N) is 2. The summed E-state index contributed by atoms with van der Waals surface area (Å²) in [5.41, 5.74) is 0.322. The average molecular weight is 263 g/mol. The van der Waals surface area contributed by atoms with Crippen molar-refractivity contribution in [2.75, 3.05) is 0 Å². The lowest BCUT2D eigenvalue weighted by molar-refractivity contribution is 0.599. The van der Waals surface area contributed by atoms with Crippen LogP contribution in [-0.4, -0.2) is 9.38 Å². The summed E-state index contributed by atoms with van der Waals surface area (Å²) in [6, 6.07) is 1.64. The fraction of sp³-hybridized carbons (Fsp3) is 0.125. The van der Waals surface area contributed by atoms with Crippen molar-refractivity contribution in [3.8, 4) is 0 Å². The third-order valence-electron chi connectivity index (χ3n) is 1.79. The maximum absolute atomic E-state index is 13.2. The zero-order valence-electron chi connectivity index (χ0n) is 6.68. The maximum atomic E-state index is 13.2. The van der Waals surface area contributed by atoms with Gasteiger partial charge in [-0.3, -0.25) is 4.40 Å². The van der Waals surface area contributed by atoms with Gasteiger partial charge in [0.15, 0.2) is 0 Å². The zero-order valence-corrected chi connectivity index (χ0v) is 9.02. The van der Waals surface area contributed by atoms with Crippen molar-refractivity contribution < 1.29 is 4.39 Å². The zero-order chi connectivity index (χ0) is 9.59. The second-order valence-electron chi connectivity index (χ2n) is 2.67. The minimum absolute atomic E-state index is 0.322. The summed E-state index contributed by atoms with van der Waals surface area (Å²) in [6.07, 6.45) is 1.73. The van der Waals surface area contributed by atoms with Gasteiger partial charge < -0.3 is 0 Å². The molecule has 0 bridgehead atoms. The van der Waals surface area contributed by atoms with Crippen molar-refractivity contribution in [1.82, 2.24) is 9.38 Å². The highest BCUT2D eigenvalue weighted by atomic mass is 79.9. The van der Waals surface area contributed by atoms with E-state index in [1.807, 2.05) is 0 Å². The number of rotatable bonds is 0. The molecule has 5 heteroatoms. The maximum Gasteiger partial charge on any atom is 0.240 e. The predicted molar refractivity (Wildman–Crippen MR) is 52.6 cm³/mol. The molecule has 0 aliphatic rings. The van der Waals surface area contributed by atoms with E-state index < -0.39 is 5.95 Å². The van der Waals surface area contributed by atoms with Gasteiger partial charge in [0, 0.05) is 10.7 Å². The summed E-state index contributed by atoms with van der Waals surface area (Å²) in [6.45, 7) is 1.72. The Labute approximate surface area is 87.5 Å². The van der Waals surface area contributed by atoms with Gasteiger partial charge in [-0.15, -0.1) is 0 Å². The number of pyridine rings is 1. The molecule has 2 nitrogen and oxygen atoms in total. The van der Waals surface area contributed by atoms with Gasteiger partial charge in [0.05, 0.1) is 5.02 Å². The summed E-state index contributed by atoms with van der Waals surface area (Å²) in [5.74, 6) is 0.0469. The van der Waals surface area contributed by atoms with Crippen LogP contribution in [0.15, 0.2) is 16.7 Å². The summed E-state index contributed by atoms with van der Waals surface area (Å²) in [4.78, 5) is 3.68. The van der Waals surface area contributed by atoms with E-state index in [9.17, 15) is 4.39 Å². The van der Waals surface area contributed by atoms with Crippen LogP contribution in [0.25, 0.3) is 5.52 Å². The second kappa shape index (κ2) is 2.96. The van der Waals surface area contributed by atoms with Crippen LogP contribution < -0.4 is 0 Å². The SMILES string of the molecule is Cc1nc(F)c2c(Cl)cc(Br)cn12. The van der Waals surface area contributed by atoms with Crippen LogP contribution in [0.1, 0.15) is 5.82 Å². The highest BCUT2D eigenvalue weighted by Gasteiger charge is 2.11. The Kier molecular flexibility index (Phi) is 2.04. The summed E-state index contributed by atoms with van der Waals surface area (Å²) in [5, 5.41) is 0.354. The third-order valence-corrected chi connectivity index (χ3v) is 2.51. The molecule has 0 radical (unpaired) electrons. The quantitative estimate of drug-likeness (QED) is 0.713. The van der Waals surface area contributed by atoms with Crippen LogP contribution in [0.4, 0.5) is 4.39 Å². The topological polar surface area (TPSA) is 17.3 Å². The lowest BCUT2D eigenvalue weighted by Crippen LogP contribution is -1.87. The molecule has 0 amide bonds. The van der Waals surface area contributed by atoms with Crippen LogP contribution in [-0.2, 0) is 0 Å². The molecule has 0 saturated carbocycles. The minimum Gasteiger partial charge on any atom is -0.299 e. The van der Waals surface area contributed by atoms with Crippen molar-refractivity contribution in [1.29, 1.82) is 0 Å². The van der Waals surface area contributed by atoms with Crippen molar-refractivity contribution >= 4 is 33.0 Å². The first-order valence-electron chi connectivity index (χ1n) is 3.59. The lowest BCUT2D eigenvalue weighted by atomic mass is 10.4. The molecule has 13 heavy (non-hydrogen) atoms. The molecule has 0 spiro atoms. The van der Waals surface area contributed by atoms with Crippen molar-refractivity contribution in [2.45, 2.75) is 6.92 Å². The van der Waals surface area contributed by atoms with E-state index >= 15 is 0 Å². The first-order chi connectivity index (χ1) is 6.09. The van der Waals surface area contributed by atoms with Crippen molar-refractivity contribution in [3.63, 3.8) is 0 Å². The summed E-state index contributed by atoms with van der Waals surface area (Å²) >= 11 is 9.12. The minimum atomic E-state index is -0.532. The number of aryl methyl sites for hydroxylation is 1. The molecule has 0 saturated heterocycles. The molecule has 0 unspecified atom stereocenters. The average Bonchev–Trinajstić information content (AvgIpc) is 2.27. The fourth-order valence-corrected chi connectivity index (χ4v) is 2.08. The Morgan fingerprint density at radius 3 is 3.00 bits per heavy atom. The molecule has 68 valence electrons. The van der Waals surface area contributed by atoms with Gasteiger partial charge in [-0.25, -0.2) is 4.98 Å². The van der Waals surface area contributed by atoms with E-state index in [0.717, 1.165) is 4.47 Å². The third kappa shape index (κ3) is 1.34. The van der Waals surface area contributed by atoms with Gasteiger partial charge in [0.1, 0.15) is 11.3 Å². The normalized spacial score (nSPS) is 11.1. The molecular formula is C8H5BrClFN2. The Bertz CT molecular complexity index is 480. The Morgan fingerprint density at radius 1 is 1.62 bits per heavy atom. The number of hydrogen-bond acceptors (Lipinski definition) is 1. The van der Waals surface area contributed by atoms with Crippen LogP contribution in [0.2, 0.25) is 5.02 Å². The largest absolute Gasteiger partial charge is 0.299 e. The van der Waals surface area contributed by atoms with Crippen LogP contribution in [0, 0.1) is 12.9 Å². The van der Waals surface area contributed by atoms with Gasteiger partial charge >= 0.3 is 0 Å². The molecule has 2 aromatic heterocycles. The van der Waals surface area contributed by atoms with Crippen LogP contribution in [0.5, 0.6) is 0 Å². The van der Waals surface area contributed by atoms with Crippen LogP contribution in [0.3, 0.4) is 0 Å². The van der Waals surface area contributed by atoms with Crippen LogP contribution >= 0.6 is 27.5 Å². The standard InChI is InChI=1S/C8H5BrClFN2/c1-4-12-8(11)7-6(10)2-5(9)3-13(4)7/h2-3H,1H3. The summed E-state index contributed by atoms with van der Waals surface area (Å²) in [7, 11) is 0. The number of fused-ring (bicyclic) bond motifs is 1. The Hall–Kier alpha value is -0.610. The van der Waals surface area contributed by atoms with E-state index in [0.29, 0.717) is 16.4 Å². The number of imidazole rings is 1. The molecule has 2 rings (SSSR count). The highest BCUT2D eigenvalue weighted by Crippen LogP contribution is 2.25. The molecule has 0 N–H and O–H groups in total. The second-order valence-corrected chi connectivity index (χ2v) is 4.00. The monoisotopic (exact) mass is 262 g/mol. The van der Waals surface area contributed by atoms with Crippen molar-refractivity contribution in [2.24, 2.45) is 0 Å². The number of halogens is 3. The first kappa shape index (κ1) is 8.97. The van der Waals surface area contributed by atoms with E-state index in [1.54, 1.807) is 23.6 Å². The van der Waals surface area contributed by atoms with Gasteiger partial charge in [-0.1, -0.05) is 11.6 Å². The predicted octanol–water partition coefficient (Wildman–Crippen LogP) is 3.20.